The molecule has 0 amide bonds. The van der Waals surface area contributed by atoms with Crippen LogP contribution in [-0.2, 0) is 0 Å². The summed E-state index contributed by atoms with van der Waals surface area (Å²) in [5, 5.41) is 9.44. The Bertz CT molecular complexity index is 825. The van der Waals surface area contributed by atoms with Gasteiger partial charge in [0.2, 0.25) is 0 Å². The van der Waals surface area contributed by atoms with E-state index >= 15 is 0 Å². The summed E-state index contributed by atoms with van der Waals surface area (Å²) in [5.41, 5.74) is 1.29. The van der Waals surface area contributed by atoms with Crippen molar-refractivity contribution >= 4 is 34.2 Å². The first-order valence-corrected chi connectivity index (χ1v) is 9.03. The summed E-state index contributed by atoms with van der Waals surface area (Å²) >= 11 is 2.17. The molecular weight excluding hydrogens is 432 g/mol. The molecule has 0 N–H and O–H groups in total. The zero-order chi connectivity index (χ0) is 18.4. The van der Waals surface area contributed by atoms with Crippen LogP contribution >= 0.6 is 22.6 Å². The SMILES string of the molecule is CCOc1cc(C=C(C#N)c2ccccc2F)cc(I)c1OC(C)C. The Morgan fingerprint density at radius 2 is 2.04 bits per heavy atom. The topological polar surface area (TPSA) is 42.2 Å². The predicted molar refractivity (Wildman–Crippen MR) is 106 cm³/mol. The number of allylic oxidation sites excluding steroid dienone is 1. The summed E-state index contributed by atoms with van der Waals surface area (Å²) in [7, 11) is 0. The summed E-state index contributed by atoms with van der Waals surface area (Å²) in [5.74, 6) is 0.869. The largest absolute Gasteiger partial charge is 0.490 e. The van der Waals surface area contributed by atoms with Gasteiger partial charge in [0, 0.05) is 5.56 Å². The van der Waals surface area contributed by atoms with Crippen LogP contribution in [0.4, 0.5) is 4.39 Å². The third kappa shape index (κ3) is 4.95. The van der Waals surface area contributed by atoms with Crippen molar-refractivity contribution in [2.45, 2.75) is 26.9 Å². The molecule has 25 heavy (non-hydrogen) atoms. The number of nitrogens with zero attached hydrogens (tertiary/aromatic N) is 1. The van der Waals surface area contributed by atoms with Gasteiger partial charge in [0.15, 0.2) is 11.5 Å². The van der Waals surface area contributed by atoms with Crippen molar-refractivity contribution in [2.24, 2.45) is 0 Å². The van der Waals surface area contributed by atoms with Crippen molar-refractivity contribution in [3.8, 4) is 17.6 Å². The van der Waals surface area contributed by atoms with E-state index < -0.39 is 5.82 Å². The highest BCUT2D eigenvalue weighted by molar-refractivity contribution is 14.1. The zero-order valence-electron chi connectivity index (χ0n) is 14.3. The predicted octanol–water partition coefficient (Wildman–Crippen LogP) is 5.68. The number of rotatable bonds is 6. The van der Waals surface area contributed by atoms with Crippen LogP contribution in [0.1, 0.15) is 31.9 Å². The third-order valence-corrected chi connectivity index (χ3v) is 4.08. The first-order valence-electron chi connectivity index (χ1n) is 7.96. The smallest absolute Gasteiger partial charge is 0.174 e. The Balaban J connectivity index is 2.52. The van der Waals surface area contributed by atoms with Gasteiger partial charge in [-0.2, -0.15) is 5.26 Å². The monoisotopic (exact) mass is 451 g/mol. The lowest BCUT2D eigenvalue weighted by molar-refractivity contribution is 0.222. The van der Waals surface area contributed by atoms with Crippen LogP contribution in [-0.4, -0.2) is 12.7 Å². The second-order valence-electron chi connectivity index (χ2n) is 5.58. The molecule has 0 aliphatic carbocycles. The number of hydrogen-bond donors (Lipinski definition) is 0. The van der Waals surface area contributed by atoms with Crippen LogP contribution in [0.5, 0.6) is 11.5 Å². The molecule has 2 rings (SSSR count). The molecule has 0 spiro atoms. The lowest BCUT2D eigenvalue weighted by Gasteiger charge is -2.17. The third-order valence-electron chi connectivity index (χ3n) is 3.28. The minimum absolute atomic E-state index is 0.0159. The first-order chi connectivity index (χ1) is 12.0. The van der Waals surface area contributed by atoms with Crippen molar-refractivity contribution in [2.75, 3.05) is 6.61 Å². The summed E-state index contributed by atoms with van der Waals surface area (Å²) in [6.45, 7) is 6.29. The van der Waals surface area contributed by atoms with Crippen LogP contribution in [0.3, 0.4) is 0 Å². The van der Waals surface area contributed by atoms with Gasteiger partial charge in [-0.25, -0.2) is 4.39 Å². The van der Waals surface area contributed by atoms with E-state index in [0.29, 0.717) is 18.1 Å². The molecule has 0 saturated carbocycles. The minimum Gasteiger partial charge on any atom is -0.490 e. The minimum atomic E-state index is -0.421. The molecule has 5 heteroatoms. The van der Waals surface area contributed by atoms with Gasteiger partial charge in [-0.3, -0.25) is 0 Å². The van der Waals surface area contributed by atoms with E-state index in [1.807, 2.05) is 32.9 Å². The maximum Gasteiger partial charge on any atom is 0.174 e. The molecule has 0 unspecified atom stereocenters. The molecule has 2 aromatic carbocycles. The average Bonchev–Trinajstić information content (AvgIpc) is 2.56. The summed E-state index contributed by atoms with van der Waals surface area (Å²) < 4.78 is 26.4. The van der Waals surface area contributed by atoms with Crippen LogP contribution in [0, 0.1) is 20.7 Å². The van der Waals surface area contributed by atoms with E-state index in [1.54, 1.807) is 24.3 Å². The zero-order valence-corrected chi connectivity index (χ0v) is 16.5. The van der Waals surface area contributed by atoms with Crippen molar-refractivity contribution in [3.63, 3.8) is 0 Å². The highest BCUT2D eigenvalue weighted by Crippen LogP contribution is 2.36. The Morgan fingerprint density at radius 3 is 2.64 bits per heavy atom. The van der Waals surface area contributed by atoms with Crippen molar-refractivity contribution in [1.29, 1.82) is 5.26 Å². The first kappa shape index (κ1) is 19.3. The van der Waals surface area contributed by atoms with E-state index in [9.17, 15) is 9.65 Å². The van der Waals surface area contributed by atoms with E-state index in [4.69, 9.17) is 9.47 Å². The number of halogens is 2. The second kappa shape index (κ2) is 8.86. The van der Waals surface area contributed by atoms with Crippen molar-refractivity contribution < 1.29 is 13.9 Å². The molecule has 0 heterocycles. The van der Waals surface area contributed by atoms with Crippen LogP contribution < -0.4 is 9.47 Å². The quantitative estimate of drug-likeness (QED) is 0.323. The molecule has 2 aromatic rings. The molecule has 3 nitrogen and oxygen atoms in total. The van der Waals surface area contributed by atoms with Gasteiger partial charge < -0.3 is 9.47 Å². The van der Waals surface area contributed by atoms with E-state index in [2.05, 4.69) is 28.7 Å². The van der Waals surface area contributed by atoms with E-state index in [1.165, 1.54) is 6.07 Å². The van der Waals surface area contributed by atoms with Crippen LogP contribution in [0.25, 0.3) is 11.6 Å². The highest BCUT2D eigenvalue weighted by atomic mass is 127. The lowest BCUT2D eigenvalue weighted by atomic mass is 10.0. The molecule has 0 bridgehead atoms. The number of nitriles is 1. The van der Waals surface area contributed by atoms with Crippen molar-refractivity contribution in [3.05, 3.63) is 56.9 Å². The number of ether oxygens (including phenoxy) is 2. The molecule has 0 fully saturated rings. The Morgan fingerprint density at radius 1 is 1.32 bits per heavy atom. The lowest BCUT2D eigenvalue weighted by Crippen LogP contribution is -2.09. The molecule has 0 aliphatic heterocycles. The van der Waals surface area contributed by atoms with Gasteiger partial charge in [-0.05, 0) is 73.2 Å². The summed E-state index contributed by atoms with van der Waals surface area (Å²) in [6, 6.07) is 12.0. The maximum atomic E-state index is 14.0. The maximum absolute atomic E-state index is 14.0. The van der Waals surface area contributed by atoms with Gasteiger partial charge in [0.05, 0.1) is 27.9 Å². The molecule has 0 aliphatic rings. The molecule has 0 radical (unpaired) electrons. The van der Waals surface area contributed by atoms with E-state index in [0.717, 1.165) is 9.13 Å². The second-order valence-corrected chi connectivity index (χ2v) is 6.74. The summed E-state index contributed by atoms with van der Waals surface area (Å²) in [6.07, 6.45) is 1.67. The normalized spacial score (nSPS) is 11.3. The van der Waals surface area contributed by atoms with Gasteiger partial charge >= 0.3 is 0 Å². The van der Waals surface area contributed by atoms with Gasteiger partial charge in [-0.1, -0.05) is 18.2 Å². The highest BCUT2D eigenvalue weighted by Gasteiger charge is 2.14. The fourth-order valence-electron chi connectivity index (χ4n) is 2.30. The standard InChI is InChI=1S/C20H19FINO2/c1-4-24-19-11-14(10-18(22)20(19)25-13(2)3)9-15(12-23)16-7-5-6-8-17(16)21/h5-11,13H,4H2,1-3H3. The van der Waals surface area contributed by atoms with Crippen molar-refractivity contribution in [1.82, 2.24) is 0 Å². The molecule has 0 aromatic heterocycles. The number of hydrogen-bond acceptors (Lipinski definition) is 3. The van der Waals surface area contributed by atoms with Crippen LogP contribution in [0.15, 0.2) is 36.4 Å². The Kier molecular flexibility index (Phi) is 6.82. The molecule has 0 atom stereocenters. The molecule has 130 valence electrons. The Hall–Kier alpha value is -2.07. The fraction of sp³-hybridized carbons (Fsp3) is 0.250. The number of benzene rings is 2. The fourth-order valence-corrected chi connectivity index (χ4v) is 3.05. The van der Waals surface area contributed by atoms with Gasteiger partial charge in [0.25, 0.3) is 0 Å². The molecule has 0 saturated heterocycles. The van der Waals surface area contributed by atoms with Gasteiger partial charge in [0.1, 0.15) is 5.82 Å². The Labute approximate surface area is 161 Å². The molecular formula is C20H19FINO2. The van der Waals surface area contributed by atoms with Gasteiger partial charge in [-0.15, -0.1) is 0 Å². The van der Waals surface area contributed by atoms with E-state index in [-0.39, 0.29) is 17.2 Å². The average molecular weight is 451 g/mol. The summed E-state index contributed by atoms with van der Waals surface area (Å²) in [4.78, 5) is 0. The van der Waals surface area contributed by atoms with Crippen LogP contribution in [0.2, 0.25) is 0 Å².